The Morgan fingerprint density at radius 1 is 1.73 bits per heavy atom. The lowest BCUT2D eigenvalue weighted by Crippen LogP contribution is -2.24. The van der Waals surface area contributed by atoms with Crippen molar-refractivity contribution in [1.29, 1.82) is 0 Å². The lowest BCUT2D eigenvalue weighted by Gasteiger charge is -2.00. The van der Waals surface area contributed by atoms with Gasteiger partial charge in [-0.05, 0) is 18.6 Å². The number of hydrogen-bond donors (Lipinski definition) is 3. The minimum absolute atomic E-state index is 0.469. The maximum Gasteiger partial charge on any atom is 0.194 e. The molecule has 0 spiro atoms. The predicted octanol–water partition coefficient (Wildman–Crippen LogP) is 0.153. The summed E-state index contributed by atoms with van der Waals surface area (Å²) in [4.78, 5) is 3.77. The van der Waals surface area contributed by atoms with Crippen LogP contribution in [0.5, 0.6) is 0 Å². The average molecular weight is 174 g/mol. The van der Waals surface area contributed by atoms with Crippen molar-refractivity contribution in [2.24, 2.45) is 10.8 Å². The molecule has 0 aromatic rings. The highest BCUT2D eigenvalue weighted by molar-refractivity contribution is 7.80. The van der Waals surface area contributed by atoms with Crippen LogP contribution in [0.15, 0.2) is 4.99 Å². The fraction of sp³-hybridized carbons (Fsp3) is 0.667. The van der Waals surface area contributed by atoms with Crippen LogP contribution in [-0.2, 0) is 0 Å². The fourth-order valence-electron chi connectivity index (χ4n) is 0.514. The van der Waals surface area contributed by atoms with Gasteiger partial charge in [-0.2, -0.15) is 0 Å². The monoisotopic (exact) mass is 174 g/mol. The molecule has 64 valence electrons. The maximum atomic E-state index is 4.94. The number of hydrazine groups is 1. The van der Waals surface area contributed by atoms with E-state index in [0.29, 0.717) is 5.11 Å². The Morgan fingerprint density at radius 2 is 2.45 bits per heavy atom. The Hall–Kier alpha value is -0.680. The molecule has 0 heterocycles. The molecule has 0 aliphatic heterocycles. The number of nitrogens with one attached hydrogen (secondary N) is 2. The van der Waals surface area contributed by atoms with Crippen LogP contribution >= 0.6 is 12.2 Å². The van der Waals surface area contributed by atoms with E-state index in [0.717, 1.165) is 19.4 Å². The number of rotatable bonds is 4. The molecule has 0 atom stereocenters. The van der Waals surface area contributed by atoms with Crippen molar-refractivity contribution < 1.29 is 0 Å². The topological polar surface area (TPSA) is 62.4 Å². The van der Waals surface area contributed by atoms with Crippen LogP contribution in [0.1, 0.15) is 19.8 Å². The second kappa shape index (κ2) is 7.43. The van der Waals surface area contributed by atoms with E-state index >= 15 is 0 Å². The number of nitrogens with two attached hydrogens (primary N) is 1. The molecule has 0 aromatic heterocycles. The summed E-state index contributed by atoms with van der Waals surface area (Å²) >= 11 is 4.83. The van der Waals surface area contributed by atoms with Gasteiger partial charge in [0.15, 0.2) is 5.11 Å². The molecule has 0 aliphatic rings. The smallest absolute Gasteiger partial charge is 0.194 e. The molecule has 0 rings (SSSR count). The zero-order valence-electron chi connectivity index (χ0n) is 6.63. The van der Waals surface area contributed by atoms with Gasteiger partial charge >= 0.3 is 0 Å². The minimum Gasteiger partial charge on any atom is -0.361 e. The fourth-order valence-corrected chi connectivity index (χ4v) is 0.668. The molecule has 0 unspecified atom stereocenters. The molecule has 4 nitrogen and oxygen atoms in total. The summed E-state index contributed by atoms with van der Waals surface area (Å²) in [5.41, 5.74) is 2.27. The Bertz CT molecular complexity index is 135. The van der Waals surface area contributed by atoms with E-state index in [9.17, 15) is 0 Å². The third kappa shape index (κ3) is 7.21. The molecular formula is C6H14N4S. The zero-order valence-corrected chi connectivity index (χ0v) is 7.45. The molecule has 0 amide bonds. The van der Waals surface area contributed by atoms with E-state index in [1.54, 1.807) is 0 Å². The average Bonchev–Trinajstić information content (AvgIpc) is 2.01. The van der Waals surface area contributed by atoms with Crippen LogP contribution in [-0.4, -0.2) is 18.0 Å². The van der Waals surface area contributed by atoms with E-state index in [1.165, 1.54) is 6.34 Å². The largest absolute Gasteiger partial charge is 0.361 e. The van der Waals surface area contributed by atoms with Gasteiger partial charge in [0.2, 0.25) is 0 Å². The maximum absolute atomic E-state index is 4.94. The molecule has 5 heteroatoms. The first-order valence-corrected chi connectivity index (χ1v) is 3.98. The quantitative estimate of drug-likeness (QED) is 0.142. The second-order valence-electron chi connectivity index (χ2n) is 2.01. The molecule has 0 bridgehead atoms. The van der Waals surface area contributed by atoms with Crippen molar-refractivity contribution in [3.63, 3.8) is 0 Å². The SMILES string of the molecule is CCCCNC(=S)N=CNN. The van der Waals surface area contributed by atoms with Gasteiger partial charge < -0.3 is 10.7 Å². The predicted molar refractivity (Wildman–Crippen MR) is 51.3 cm³/mol. The lowest BCUT2D eigenvalue weighted by atomic mass is 10.3. The standard InChI is InChI=1S/C6H14N4S/c1-2-3-4-8-6(11)9-5-10-7/h5H,2-4,7H2,1H3,(H2,8,9,10,11). The number of aliphatic imine (C=N–C) groups is 1. The highest BCUT2D eigenvalue weighted by atomic mass is 32.1. The molecule has 4 N–H and O–H groups in total. The number of hydrogen-bond acceptors (Lipinski definition) is 2. The van der Waals surface area contributed by atoms with E-state index < -0.39 is 0 Å². The normalized spacial score (nSPS) is 10.0. The van der Waals surface area contributed by atoms with Crippen molar-refractivity contribution >= 4 is 23.7 Å². The van der Waals surface area contributed by atoms with E-state index in [1.807, 2.05) is 0 Å². The van der Waals surface area contributed by atoms with Crippen LogP contribution < -0.4 is 16.6 Å². The third-order valence-electron chi connectivity index (χ3n) is 1.06. The van der Waals surface area contributed by atoms with Gasteiger partial charge in [0, 0.05) is 6.54 Å². The van der Waals surface area contributed by atoms with Crippen LogP contribution in [0.4, 0.5) is 0 Å². The number of unbranched alkanes of at least 4 members (excludes halogenated alkanes) is 1. The lowest BCUT2D eigenvalue weighted by molar-refractivity contribution is 0.756. The molecular weight excluding hydrogens is 160 g/mol. The van der Waals surface area contributed by atoms with Crippen LogP contribution in [0.2, 0.25) is 0 Å². The van der Waals surface area contributed by atoms with E-state index in [2.05, 4.69) is 22.7 Å². The van der Waals surface area contributed by atoms with Gasteiger partial charge in [0.1, 0.15) is 6.34 Å². The Balaban J connectivity index is 3.30. The molecule has 0 radical (unpaired) electrons. The van der Waals surface area contributed by atoms with Gasteiger partial charge in [-0.1, -0.05) is 13.3 Å². The molecule has 0 aliphatic carbocycles. The Labute approximate surface area is 72.2 Å². The number of nitrogens with zero attached hydrogens (tertiary/aromatic N) is 1. The molecule has 0 saturated heterocycles. The first-order chi connectivity index (χ1) is 5.31. The van der Waals surface area contributed by atoms with Gasteiger partial charge in [-0.25, -0.2) is 10.8 Å². The third-order valence-corrected chi connectivity index (χ3v) is 1.31. The van der Waals surface area contributed by atoms with Crippen LogP contribution in [0.25, 0.3) is 0 Å². The Kier molecular flexibility index (Phi) is 6.97. The van der Waals surface area contributed by atoms with Crippen molar-refractivity contribution in [3.8, 4) is 0 Å². The second-order valence-corrected chi connectivity index (χ2v) is 2.40. The number of thiocarbonyl (C=S) groups is 1. The van der Waals surface area contributed by atoms with Crippen molar-refractivity contribution in [2.45, 2.75) is 19.8 Å². The summed E-state index contributed by atoms with van der Waals surface area (Å²) < 4.78 is 0. The molecule has 0 aromatic carbocycles. The van der Waals surface area contributed by atoms with Gasteiger partial charge in [-0.15, -0.1) is 0 Å². The van der Waals surface area contributed by atoms with Crippen molar-refractivity contribution in [1.82, 2.24) is 10.7 Å². The summed E-state index contributed by atoms with van der Waals surface area (Å²) in [6.45, 7) is 2.99. The highest BCUT2D eigenvalue weighted by Gasteiger charge is 1.87. The highest BCUT2D eigenvalue weighted by Crippen LogP contribution is 1.83. The van der Waals surface area contributed by atoms with Gasteiger partial charge in [-0.3, -0.25) is 0 Å². The van der Waals surface area contributed by atoms with Gasteiger partial charge in [0.05, 0.1) is 0 Å². The first kappa shape index (κ1) is 10.3. The van der Waals surface area contributed by atoms with Crippen molar-refractivity contribution in [3.05, 3.63) is 0 Å². The van der Waals surface area contributed by atoms with E-state index in [-0.39, 0.29) is 0 Å². The van der Waals surface area contributed by atoms with Crippen LogP contribution in [0.3, 0.4) is 0 Å². The summed E-state index contributed by atoms with van der Waals surface area (Å²) in [7, 11) is 0. The zero-order chi connectivity index (χ0) is 8.53. The van der Waals surface area contributed by atoms with Crippen molar-refractivity contribution in [2.75, 3.05) is 6.54 Å². The molecule has 0 saturated carbocycles. The summed E-state index contributed by atoms with van der Waals surface area (Å²) in [5.74, 6) is 4.94. The Morgan fingerprint density at radius 3 is 3.00 bits per heavy atom. The first-order valence-electron chi connectivity index (χ1n) is 3.57. The summed E-state index contributed by atoms with van der Waals surface area (Å²) in [5, 5.41) is 3.43. The van der Waals surface area contributed by atoms with E-state index in [4.69, 9.17) is 18.1 Å². The summed E-state index contributed by atoms with van der Waals surface area (Å²) in [6.07, 6.45) is 3.60. The summed E-state index contributed by atoms with van der Waals surface area (Å²) in [6, 6.07) is 0. The van der Waals surface area contributed by atoms with Gasteiger partial charge in [0.25, 0.3) is 0 Å². The molecule has 11 heavy (non-hydrogen) atoms. The van der Waals surface area contributed by atoms with Crippen LogP contribution in [0, 0.1) is 0 Å². The minimum atomic E-state index is 0.469. The molecule has 0 fully saturated rings.